The fourth-order valence-corrected chi connectivity index (χ4v) is 1.98. The third kappa shape index (κ3) is 2.21. The van der Waals surface area contributed by atoms with Crippen LogP contribution in [-0.4, -0.2) is 10.1 Å². The van der Waals surface area contributed by atoms with Gasteiger partial charge in [0.1, 0.15) is 0 Å². The number of nitrogens with zero attached hydrogens (tertiary/aromatic N) is 2. The molecule has 0 fully saturated rings. The minimum absolute atomic E-state index is 0.257. The fourth-order valence-electron chi connectivity index (χ4n) is 1.21. The number of hydrogen-bond donors (Lipinski definition) is 0. The van der Waals surface area contributed by atoms with E-state index in [-0.39, 0.29) is 5.88 Å². The minimum atomic E-state index is 0.257. The molecule has 1 aromatic heterocycles. The number of aryl methyl sites for hydroxylation is 1. The van der Waals surface area contributed by atoms with Crippen LogP contribution in [0, 0.1) is 6.92 Å². The van der Waals surface area contributed by atoms with Crippen LogP contribution >= 0.6 is 27.5 Å². The lowest BCUT2D eigenvalue weighted by Crippen LogP contribution is -1.83. The Bertz CT molecular complexity index is 484. The number of hydrogen-bond acceptors (Lipinski definition) is 3. The molecular weight excluding hydrogens is 279 g/mol. The van der Waals surface area contributed by atoms with Gasteiger partial charge in [-0.15, -0.1) is 11.6 Å². The summed E-state index contributed by atoms with van der Waals surface area (Å²) < 4.78 is 6.02. The molecule has 0 amide bonds. The van der Waals surface area contributed by atoms with Crippen LogP contribution in [0.5, 0.6) is 0 Å². The van der Waals surface area contributed by atoms with Crippen molar-refractivity contribution in [3.63, 3.8) is 0 Å². The smallest absolute Gasteiger partial charge is 0.259 e. The average molecular weight is 288 g/mol. The largest absolute Gasteiger partial charge is 0.334 e. The molecule has 78 valence electrons. The Morgan fingerprint density at radius 1 is 1.47 bits per heavy atom. The minimum Gasteiger partial charge on any atom is -0.334 e. The first-order valence-electron chi connectivity index (χ1n) is 4.36. The summed E-state index contributed by atoms with van der Waals surface area (Å²) in [5.74, 6) is 1.24. The van der Waals surface area contributed by atoms with Crippen LogP contribution in [0.15, 0.2) is 27.2 Å². The van der Waals surface area contributed by atoms with E-state index < -0.39 is 0 Å². The standard InChI is InChI=1S/C10H8BrClN2O/c1-6-2-3-7(8(11)4-6)10-13-9(5-12)14-15-10/h2-4H,5H2,1H3. The number of rotatable bonds is 2. The SMILES string of the molecule is Cc1ccc(-c2nc(CCl)no2)c(Br)c1. The molecular formula is C10H8BrClN2O. The van der Waals surface area contributed by atoms with Crippen LogP contribution < -0.4 is 0 Å². The second kappa shape index (κ2) is 4.33. The van der Waals surface area contributed by atoms with Gasteiger partial charge in [-0.3, -0.25) is 0 Å². The molecule has 0 N–H and O–H groups in total. The first kappa shape index (κ1) is 10.6. The monoisotopic (exact) mass is 286 g/mol. The predicted molar refractivity (Wildman–Crippen MR) is 61.7 cm³/mol. The summed E-state index contributed by atoms with van der Waals surface area (Å²) in [6.07, 6.45) is 0. The molecule has 3 nitrogen and oxygen atoms in total. The van der Waals surface area contributed by atoms with E-state index in [1.165, 1.54) is 5.56 Å². The Morgan fingerprint density at radius 2 is 2.27 bits per heavy atom. The Hall–Kier alpha value is -0.870. The van der Waals surface area contributed by atoms with Crippen molar-refractivity contribution in [3.8, 4) is 11.5 Å². The number of halogens is 2. The zero-order valence-electron chi connectivity index (χ0n) is 8.00. The normalized spacial score (nSPS) is 10.6. The third-order valence-corrected chi connectivity index (χ3v) is 2.84. The summed E-state index contributed by atoms with van der Waals surface area (Å²) >= 11 is 9.05. The maximum Gasteiger partial charge on any atom is 0.259 e. The molecule has 5 heteroatoms. The van der Waals surface area contributed by atoms with E-state index >= 15 is 0 Å². The van der Waals surface area contributed by atoms with Gasteiger partial charge in [0.05, 0.1) is 11.4 Å². The van der Waals surface area contributed by atoms with Crippen LogP contribution in [0.1, 0.15) is 11.4 Å². The van der Waals surface area contributed by atoms with Crippen molar-refractivity contribution < 1.29 is 4.52 Å². The average Bonchev–Trinajstić information content (AvgIpc) is 2.66. The van der Waals surface area contributed by atoms with E-state index in [1.807, 2.05) is 25.1 Å². The Morgan fingerprint density at radius 3 is 2.87 bits per heavy atom. The van der Waals surface area contributed by atoms with Crippen molar-refractivity contribution in [2.75, 3.05) is 0 Å². The van der Waals surface area contributed by atoms with Crippen LogP contribution in [0.3, 0.4) is 0 Å². The quantitative estimate of drug-likeness (QED) is 0.793. The summed E-state index contributed by atoms with van der Waals surface area (Å²) in [6, 6.07) is 5.93. The zero-order valence-corrected chi connectivity index (χ0v) is 10.3. The van der Waals surface area contributed by atoms with Gasteiger partial charge in [-0.05, 0) is 40.5 Å². The molecule has 0 radical (unpaired) electrons. The van der Waals surface area contributed by atoms with Crippen molar-refractivity contribution in [1.82, 2.24) is 10.1 Å². The Kier molecular flexibility index (Phi) is 3.07. The van der Waals surface area contributed by atoms with Crippen molar-refractivity contribution in [3.05, 3.63) is 34.1 Å². The van der Waals surface area contributed by atoms with Gasteiger partial charge in [0, 0.05) is 4.47 Å². The highest BCUT2D eigenvalue weighted by Crippen LogP contribution is 2.27. The lowest BCUT2D eigenvalue weighted by atomic mass is 10.1. The molecule has 0 spiro atoms. The fraction of sp³-hybridized carbons (Fsp3) is 0.200. The Labute approximate surface area is 101 Å². The molecule has 0 aliphatic rings. The molecule has 15 heavy (non-hydrogen) atoms. The third-order valence-electron chi connectivity index (χ3n) is 1.94. The van der Waals surface area contributed by atoms with E-state index in [0.29, 0.717) is 11.7 Å². The van der Waals surface area contributed by atoms with Gasteiger partial charge in [-0.25, -0.2) is 0 Å². The van der Waals surface area contributed by atoms with E-state index in [9.17, 15) is 0 Å². The van der Waals surface area contributed by atoms with Crippen molar-refractivity contribution in [2.24, 2.45) is 0 Å². The highest BCUT2D eigenvalue weighted by atomic mass is 79.9. The van der Waals surface area contributed by atoms with Gasteiger partial charge in [0.25, 0.3) is 5.89 Å². The molecule has 2 rings (SSSR count). The van der Waals surface area contributed by atoms with E-state index in [2.05, 4.69) is 26.1 Å². The maximum atomic E-state index is 5.60. The molecule has 0 saturated heterocycles. The van der Waals surface area contributed by atoms with Gasteiger partial charge < -0.3 is 4.52 Å². The van der Waals surface area contributed by atoms with Gasteiger partial charge >= 0.3 is 0 Å². The van der Waals surface area contributed by atoms with Gasteiger partial charge in [0.15, 0.2) is 5.82 Å². The lowest BCUT2D eigenvalue weighted by molar-refractivity contribution is 0.425. The van der Waals surface area contributed by atoms with E-state index in [0.717, 1.165) is 10.0 Å². The first-order valence-corrected chi connectivity index (χ1v) is 5.68. The summed E-state index contributed by atoms with van der Waals surface area (Å²) in [4.78, 5) is 4.15. The zero-order chi connectivity index (χ0) is 10.8. The van der Waals surface area contributed by atoms with Gasteiger partial charge in [-0.1, -0.05) is 11.2 Å². The Balaban J connectivity index is 2.44. The molecule has 1 aromatic carbocycles. The van der Waals surface area contributed by atoms with Crippen molar-refractivity contribution >= 4 is 27.5 Å². The van der Waals surface area contributed by atoms with Gasteiger partial charge in [0.2, 0.25) is 0 Å². The van der Waals surface area contributed by atoms with Crippen molar-refractivity contribution in [1.29, 1.82) is 0 Å². The van der Waals surface area contributed by atoms with Crippen LogP contribution in [-0.2, 0) is 5.88 Å². The van der Waals surface area contributed by atoms with Crippen molar-refractivity contribution in [2.45, 2.75) is 12.8 Å². The molecule has 0 aliphatic carbocycles. The summed E-state index contributed by atoms with van der Waals surface area (Å²) in [7, 11) is 0. The second-order valence-electron chi connectivity index (χ2n) is 3.13. The number of aromatic nitrogens is 2. The maximum absolute atomic E-state index is 5.60. The predicted octanol–water partition coefficient (Wildman–Crippen LogP) is 3.55. The van der Waals surface area contributed by atoms with E-state index in [1.54, 1.807) is 0 Å². The lowest BCUT2D eigenvalue weighted by Gasteiger charge is -1.99. The topological polar surface area (TPSA) is 38.9 Å². The summed E-state index contributed by atoms with van der Waals surface area (Å²) in [5.41, 5.74) is 2.05. The van der Waals surface area contributed by atoms with Crippen LogP contribution in [0.25, 0.3) is 11.5 Å². The molecule has 0 aliphatic heterocycles. The first-order chi connectivity index (χ1) is 7.20. The van der Waals surface area contributed by atoms with E-state index in [4.69, 9.17) is 16.1 Å². The highest BCUT2D eigenvalue weighted by molar-refractivity contribution is 9.10. The van der Waals surface area contributed by atoms with Crippen LogP contribution in [0.4, 0.5) is 0 Å². The number of alkyl halides is 1. The van der Waals surface area contributed by atoms with Crippen LogP contribution in [0.2, 0.25) is 0 Å². The summed E-state index contributed by atoms with van der Waals surface area (Å²) in [5, 5.41) is 3.74. The summed E-state index contributed by atoms with van der Waals surface area (Å²) in [6.45, 7) is 2.02. The number of benzene rings is 1. The highest BCUT2D eigenvalue weighted by Gasteiger charge is 2.11. The molecule has 0 unspecified atom stereocenters. The molecule has 1 heterocycles. The molecule has 2 aromatic rings. The van der Waals surface area contributed by atoms with Gasteiger partial charge in [-0.2, -0.15) is 4.98 Å². The molecule has 0 bridgehead atoms. The molecule has 0 saturated carbocycles. The molecule has 0 atom stereocenters. The second-order valence-corrected chi connectivity index (χ2v) is 4.25.